The fourth-order valence-electron chi connectivity index (χ4n) is 1.45. The van der Waals surface area contributed by atoms with E-state index in [-0.39, 0.29) is 11.9 Å². The first-order chi connectivity index (χ1) is 5.69. The van der Waals surface area contributed by atoms with Crippen LogP contribution in [0.2, 0.25) is 0 Å². The number of nitrogens with one attached hydrogen (secondary N) is 1. The van der Waals surface area contributed by atoms with Crippen LogP contribution >= 0.6 is 0 Å². The number of hydrogen-bond donors (Lipinski definition) is 2. The molecule has 1 aliphatic rings. The maximum absolute atomic E-state index is 11.2. The van der Waals surface area contributed by atoms with Crippen LogP contribution in [-0.2, 0) is 4.79 Å². The van der Waals surface area contributed by atoms with Crippen molar-refractivity contribution in [3.05, 3.63) is 0 Å². The van der Waals surface area contributed by atoms with Gasteiger partial charge in [0.25, 0.3) is 0 Å². The van der Waals surface area contributed by atoms with Gasteiger partial charge in [-0.05, 0) is 19.4 Å². The molecule has 12 heavy (non-hydrogen) atoms. The van der Waals surface area contributed by atoms with Gasteiger partial charge in [-0.25, -0.2) is 0 Å². The van der Waals surface area contributed by atoms with Crippen molar-refractivity contribution in [2.24, 2.45) is 11.7 Å². The van der Waals surface area contributed by atoms with Crippen LogP contribution in [0.5, 0.6) is 0 Å². The van der Waals surface area contributed by atoms with Crippen LogP contribution < -0.4 is 11.1 Å². The van der Waals surface area contributed by atoms with Crippen molar-refractivity contribution in [3.8, 4) is 0 Å². The van der Waals surface area contributed by atoms with Crippen molar-refractivity contribution in [3.63, 3.8) is 0 Å². The molecule has 0 radical (unpaired) electrons. The van der Waals surface area contributed by atoms with Crippen LogP contribution in [0.4, 0.5) is 0 Å². The van der Waals surface area contributed by atoms with Gasteiger partial charge in [-0.3, -0.25) is 9.69 Å². The zero-order chi connectivity index (χ0) is 9.14. The summed E-state index contributed by atoms with van der Waals surface area (Å²) in [5.74, 6) is 0.683. The molecule has 1 saturated heterocycles. The van der Waals surface area contributed by atoms with Crippen molar-refractivity contribution >= 4 is 5.91 Å². The highest BCUT2D eigenvalue weighted by Gasteiger charge is 2.31. The van der Waals surface area contributed by atoms with E-state index in [0.29, 0.717) is 5.92 Å². The summed E-state index contributed by atoms with van der Waals surface area (Å²) in [6.45, 7) is 4.58. The highest BCUT2D eigenvalue weighted by atomic mass is 16.2. The average Bonchev–Trinajstić information content (AvgIpc) is 2.01. The number of hydrogen-bond acceptors (Lipinski definition) is 3. The maximum atomic E-state index is 11.2. The minimum absolute atomic E-state index is 0.00204. The number of carbonyl (C=O) groups is 1. The predicted octanol–water partition coefficient (Wildman–Crippen LogP) is -0.989. The Bertz CT molecular complexity index is 166. The highest BCUT2D eigenvalue weighted by molar-refractivity contribution is 5.81. The second kappa shape index (κ2) is 3.87. The fraction of sp³-hybridized carbons (Fsp3) is 0.875. The lowest BCUT2D eigenvalue weighted by Crippen LogP contribution is -2.57. The van der Waals surface area contributed by atoms with E-state index < -0.39 is 0 Å². The third-order valence-electron chi connectivity index (χ3n) is 2.49. The molecule has 1 heterocycles. The molecule has 0 saturated carbocycles. The topological polar surface area (TPSA) is 58.4 Å². The van der Waals surface area contributed by atoms with Crippen molar-refractivity contribution in [1.29, 1.82) is 0 Å². The Morgan fingerprint density at radius 1 is 1.75 bits per heavy atom. The van der Waals surface area contributed by atoms with Crippen molar-refractivity contribution in [1.82, 2.24) is 10.2 Å². The van der Waals surface area contributed by atoms with Gasteiger partial charge in [0.15, 0.2) is 0 Å². The van der Waals surface area contributed by atoms with Gasteiger partial charge in [0.1, 0.15) is 0 Å². The largest absolute Gasteiger partial charge is 0.358 e. The molecule has 3 N–H and O–H groups in total. The van der Waals surface area contributed by atoms with Crippen LogP contribution in [0.3, 0.4) is 0 Å². The summed E-state index contributed by atoms with van der Waals surface area (Å²) in [4.78, 5) is 13.3. The number of rotatable bonds is 3. The van der Waals surface area contributed by atoms with Gasteiger partial charge in [0, 0.05) is 20.1 Å². The summed E-state index contributed by atoms with van der Waals surface area (Å²) in [5, 5.41) is 2.63. The quantitative estimate of drug-likeness (QED) is 0.573. The molecule has 1 fully saturated rings. The fourth-order valence-corrected chi connectivity index (χ4v) is 1.45. The molecule has 1 unspecified atom stereocenters. The Hall–Kier alpha value is -0.610. The van der Waals surface area contributed by atoms with E-state index in [1.807, 2.05) is 6.92 Å². The van der Waals surface area contributed by atoms with Crippen LogP contribution in [0.1, 0.15) is 6.92 Å². The van der Waals surface area contributed by atoms with Crippen molar-refractivity contribution in [2.45, 2.75) is 13.0 Å². The minimum Gasteiger partial charge on any atom is -0.358 e. The van der Waals surface area contributed by atoms with E-state index >= 15 is 0 Å². The summed E-state index contributed by atoms with van der Waals surface area (Å²) in [6, 6.07) is -0.00204. The first-order valence-corrected chi connectivity index (χ1v) is 4.34. The molecule has 70 valence electrons. The third kappa shape index (κ3) is 1.76. The summed E-state index contributed by atoms with van der Waals surface area (Å²) in [6.07, 6.45) is 0. The van der Waals surface area contributed by atoms with E-state index in [9.17, 15) is 4.79 Å². The standard InChI is InChI=1S/C8H17N3O/c1-6(8(12)10-2)11-4-7(3-9)5-11/h6-7H,3-5,9H2,1-2H3,(H,10,12). The minimum atomic E-state index is -0.00204. The number of nitrogens with two attached hydrogens (primary N) is 1. The van der Waals surface area contributed by atoms with E-state index in [1.165, 1.54) is 0 Å². The molecule has 0 aromatic carbocycles. The average molecular weight is 171 g/mol. The number of likely N-dealkylation sites (N-methyl/N-ethyl adjacent to an activating group) is 1. The van der Waals surface area contributed by atoms with E-state index in [0.717, 1.165) is 19.6 Å². The molecule has 1 aliphatic heterocycles. The molecule has 4 nitrogen and oxygen atoms in total. The van der Waals surface area contributed by atoms with E-state index in [1.54, 1.807) is 7.05 Å². The highest BCUT2D eigenvalue weighted by Crippen LogP contribution is 2.16. The molecule has 1 atom stereocenters. The molecule has 1 rings (SSSR count). The van der Waals surface area contributed by atoms with Crippen molar-refractivity contribution in [2.75, 3.05) is 26.7 Å². The lowest BCUT2D eigenvalue weighted by atomic mass is 9.98. The second-order valence-corrected chi connectivity index (χ2v) is 3.35. The number of carbonyl (C=O) groups excluding carboxylic acids is 1. The molecule has 0 aromatic rings. The summed E-state index contributed by atoms with van der Waals surface area (Å²) >= 11 is 0. The van der Waals surface area contributed by atoms with Gasteiger partial charge in [0.2, 0.25) is 5.91 Å². The van der Waals surface area contributed by atoms with Gasteiger partial charge in [0.05, 0.1) is 6.04 Å². The Labute approximate surface area is 73.1 Å². The van der Waals surface area contributed by atoms with Gasteiger partial charge in [-0.15, -0.1) is 0 Å². The van der Waals surface area contributed by atoms with Gasteiger partial charge in [-0.2, -0.15) is 0 Å². The summed E-state index contributed by atoms with van der Waals surface area (Å²) < 4.78 is 0. The second-order valence-electron chi connectivity index (χ2n) is 3.35. The SMILES string of the molecule is CNC(=O)C(C)N1CC(CN)C1. The first-order valence-electron chi connectivity index (χ1n) is 4.34. The van der Waals surface area contributed by atoms with Crippen LogP contribution in [0, 0.1) is 5.92 Å². The summed E-state index contributed by atoms with van der Waals surface area (Å²) in [5.41, 5.74) is 5.48. The Balaban J connectivity index is 2.27. The van der Waals surface area contributed by atoms with Crippen LogP contribution in [0.15, 0.2) is 0 Å². The lowest BCUT2D eigenvalue weighted by Gasteiger charge is -2.41. The Morgan fingerprint density at radius 3 is 2.75 bits per heavy atom. The predicted molar refractivity (Wildman–Crippen MR) is 47.6 cm³/mol. The number of amides is 1. The molecule has 0 bridgehead atoms. The molecule has 0 aliphatic carbocycles. The monoisotopic (exact) mass is 171 g/mol. The molecule has 0 aromatic heterocycles. The summed E-state index contributed by atoms with van der Waals surface area (Å²) in [7, 11) is 1.67. The molecule has 4 heteroatoms. The zero-order valence-corrected chi connectivity index (χ0v) is 7.71. The Morgan fingerprint density at radius 2 is 2.33 bits per heavy atom. The normalized spacial score (nSPS) is 21.6. The zero-order valence-electron chi connectivity index (χ0n) is 7.71. The Kier molecular flexibility index (Phi) is 3.05. The van der Waals surface area contributed by atoms with Gasteiger partial charge in [-0.1, -0.05) is 0 Å². The molecule has 1 amide bonds. The smallest absolute Gasteiger partial charge is 0.236 e. The number of nitrogens with zero attached hydrogens (tertiary/aromatic N) is 1. The van der Waals surface area contributed by atoms with Crippen LogP contribution in [-0.4, -0.2) is 43.5 Å². The van der Waals surface area contributed by atoms with Gasteiger partial charge >= 0.3 is 0 Å². The van der Waals surface area contributed by atoms with E-state index in [2.05, 4.69) is 10.2 Å². The van der Waals surface area contributed by atoms with E-state index in [4.69, 9.17) is 5.73 Å². The van der Waals surface area contributed by atoms with Gasteiger partial charge < -0.3 is 11.1 Å². The molecule has 0 spiro atoms. The first kappa shape index (κ1) is 9.48. The number of likely N-dealkylation sites (tertiary alicyclic amines) is 1. The van der Waals surface area contributed by atoms with Crippen molar-refractivity contribution < 1.29 is 4.79 Å². The van der Waals surface area contributed by atoms with Crippen LogP contribution in [0.25, 0.3) is 0 Å². The third-order valence-corrected chi connectivity index (χ3v) is 2.49. The molecular weight excluding hydrogens is 154 g/mol. The lowest BCUT2D eigenvalue weighted by molar-refractivity contribution is -0.127. The molecular formula is C8H17N3O. The maximum Gasteiger partial charge on any atom is 0.236 e.